The molecule has 4 rings (SSSR count). The summed E-state index contributed by atoms with van der Waals surface area (Å²) in [5, 5.41) is 3.47. The Labute approximate surface area is 188 Å². The molecule has 1 amide bonds. The van der Waals surface area contributed by atoms with Gasteiger partial charge in [0.25, 0.3) is 5.56 Å². The molecule has 0 spiro atoms. The number of halogens is 1. The molecule has 0 fully saturated rings. The molecule has 158 valence electrons. The van der Waals surface area contributed by atoms with Crippen molar-refractivity contribution in [3.8, 4) is 16.2 Å². The molecule has 0 saturated heterocycles. The highest BCUT2D eigenvalue weighted by atomic mass is 35.5. The van der Waals surface area contributed by atoms with Gasteiger partial charge in [0.2, 0.25) is 5.91 Å². The summed E-state index contributed by atoms with van der Waals surface area (Å²) in [5.41, 5.74) is 2.17. The van der Waals surface area contributed by atoms with Gasteiger partial charge < -0.3 is 10.1 Å². The SMILES string of the molecule is COc1ccc(-c2cc3ncn(CC(=O)N[C@@H](C)c4ccccc4Cl)c(=O)c3s2)cc1. The van der Waals surface area contributed by atoms with Gasteiger partial charge in [-0.1, -0.05) is 29.8 Å². The number of ether oxygens (including phenoxy) is 1. The number of nitrogens with one attached hydrogen (secondary N) is 1. The van der Waals surface area contributed by atoms with Crippen LogP contribution in [0, 0.1) is 0 Å². The average Bonchev–Trinajstić information content (AvgIpc) is 3.21. The van der Waals surface area contributed by atoms with Crippen LogP contribution in [0.5, 0.6) is 5.75 Å². The molecule has 1 N–H and O–H groups in total. The number of fused-ring (bicyclic) bond motifs is 1. The number of benzene rings is 2. The fourth-order valence-corrected chi connectivity index (χ4v) is 4.67. The smallest absolute Gasteiger partial charge is 0.271 e. The molecule has 8 heteroatoms. The topological polar surface area (TPSA) is 73.2 Å². The first-order valence-corrected chi connectivity index (χ1v) is 10.8. The van der Waals surface area contributed by atoms with Crippen molar-refractivity contribution >= 4 is 39.1 Å². The lowest BCUT2D eigenvalue weighted by Gasteiger charge is -2.16. The Hall–Kier alpha value is -3.16. The predicted molar refractivity (Wildman–Crippen MR) is 124 cm³/mol. The molecule has 0 aliphatic rings. The zero-order valence-corrected chi connectivity index (χ0v) is 18.5. The van der Waals surface area contributed by atoms with Crippen LogP contribution in [0.4, 0.5) is 0 Å². The van der Waals surface area contributed by atoms with Crippen LogP contribution in [0.2, 0.25) is 5.02 Å². The van der Waals surface area contributed by atoms with Crippen molar-refractivity contribution in [1.82, 2.24) is 14.9 Å². The van der Waals surface area contributed by atoms with Gasteiger partial charge >= 0.3 is 0 Å². The number of nitrogens with zero attached hydrogens (tertiary/aromatic N) is 2. The lowest BCUT2D eigenvalue weighted by atomic mass is 10.1. The Morgan fingerprint density at radius 2 is 1.97 bits per heavy atom. The van der Waals surface area contributed by atoms with Gasteiger partial charge in [-0.25, -0.2) is 4.98 Å². The summed E-state index contributed by atoms with van der Waals surface area (Å²) >= 11 is 7.56. The quantitative estimate of drug-likeness (QED) is 0.460. The van der Waals surface area contributed by atoms with E-state index in [-0.39, 0.29) is 24.1 Å². The van der Waals surface area contributed by atoms with E-state index in [1.807, 2.05) is 55.5 Å². The molecule has 2 aromatic carbocycles. The molecule has 0 bridgehead atoms. The number of amides is 1. The van der Waals surface area contributed by atoms with E-state index in [9.17, 15) is 9.59 Å². The van der Waals surface area contributed by atoms with Crippen LogP contribution >= 0.6 is 22.9 Å². The minimum atomic E-state index is -0.289. The summed E-state index contributed by atoms with van der Waals surface area (Å²) in [6, 6.07) is 16.6. The first-order chi connectivity index (χ1) is 15.0. The lowest BCUT2D eigenvalue weighted by Crippen LogP contribution is -2.33. The van der Waals surface area contributed by atoms with E-state index in [2.05, 4.69) is 10.3 Å². The van der Waals surface area contributed by atoms with Crippen molar-refractivity contribution in [3.63, 3.8) is 0 Å². The highest BCUT2D eigenvalue weighted by Crippen LogP contribution is 2.31. The molecular weight excluding hydrogens is 434 g/mol. The van der Waals surface area contributed by atoms with Crippen molar-refractivity contribution in [2.24, 2.45) is 0 Å². The second-order valence-corrected chi connectivity index (χ2v) is 8.50. The minimum Gasteiger partial charge on any atom is -0.497 e. The number of carbonyl (C=O) groups is 1. The first-order valence-electron chi connectivity index (χ1n) is 9.63. The van der Waals surface area contributed by atoms with Crippen LogP contribution in [0.25, 0.3) is 20.7 Å². The summed E-state index contributed by atoms with van der Waals surface area (Å²) in [6.07, 6.45) is 1.41. The Kier molecular flexibility index (Phi) is 6.06. The molecule has 1 atom stereocenters. The zero-order valence-electron chi connectivity index (χ0n) is 17.0. The maximum atomic E-state index is 12.9. The predicted octanol–water partition coefficient (Wildman–Crippen LogP) is 4.66. The number of methoxy groups -OCH3 is 1. The third-order valence-electron chi connectivity index (χ3n) is 4.94. The van der Waals surface area contributed by atoms with Crippen LogP contribution in [0.15, 0.2) is 65.7 Å². The van der Waals surface area contributed by atoms with Crippen molar-refractivity contribution in [3.05, 3.63) is 81.9 Å². The van der Waals surface area contributed by atoms with Crippen molar-refractivity contribution in [1.29, 1.82) is 0 Å². The van der Waals surface area contributed by atoms with Crippen LogP contribution in [-0.2, 0) is 11.3 Å². The number of carbonyl (C=O) groups excluding carboxylic acids is 1. The molecule has 31 heavy (non-hydrogen) atoms. The number of hydrogen-bond donors (Lipinski definition) is 1. The largest absolute Gasteiger partial charge is 0.497 e. The molecule has 0 radical (unpaired) electrons. The van der Waals surface area contributed by atoms with E-state index in [0.29, 0.717) is 15.2 Å². The summed E-state index contributed by atoms with van der Waals surface area (Å²) < 4.78 is 7.03. The number of rotatable bonds is 6. The Morgan fingerprint density at radius 1 is 1.23 bits per heavy atom. The van der Waals surface area contributed by atoms with Gasteiger partial charge in [-0.05, 0) is 54.4 Å². The monoisotopic (exact) mass is 453 g/mol. The Morgan fingerprint density at radius 3 is 2.68 bits per heavy atom. The molecule has 2 heterocycles. The molecule has 0 aliphatic carbocycles. The van der Waals surface area contributed by atoms with E-state index in [1.54, 1.807) is 13.2 Å². The third-order valence-corrected chi connectivity index (χ3v) is 6.45. The van der Waals surface area contributed by atoms with Crippen LogP contribution in [0.3, 0.4) is 0 Å². The number of thiophene rings is 1. The summed E-state index contributed by atoms with van der Waals surface area (Å²) in [5.74, 6) is 0.477. The zero-order chi connectivity index (χ0) is 22.0. The highest BCUT2D eigenvalue weighted by molar-refractivity contribution is 7.22. The van der Waals surface area contributed by atoms with E-state index < -0.39 is 0 Å². The van der Waals surface area contributed by atoms with Gasteiger partial charge in [-0.3, -0.25) is 14.2 Å². The molecule has 4 aromatic rings. The summed E-state index contributed by atoms with van der Waals surface area (Å²) in [6.45, 7) is 1.73. The average molecular weight is 454 g/mol. The van der Waals surface area contributed by atoms with Gasteiger partial charge in [0, 0.05) is 9.90 Å². The highest BCUT2D eigenvalue weighted by Gasteiger charge is 2.15. The van der Waals surface area contributed by atoms with E-state index in [1.165, 1.54) is 22.2 Å². The molecule has 6 nitrogen and oxygen atoms in total. The molecule has 2 aromatic heterocycles. The van der Waals surface area contributed by atoms with E-state index in [0.717, 1.165) is 21.8 Å². The summed E-state index contributed by atoms with van der Waals surface area (Å²) in [4.78, 5) is 30.8. The lowest BCUT2D eigenvalue weighted by molar-refractivity contribution is -0.122. The molecule has 0 unspecified atom stereocenters. The minimum absolute atomic E-state index is 0.119. The van der Waals surface area contributed by atoms with Gasteiger partial charge in [-0.15, -0.1) is 11.3 Å². The number of aromatic nitrogens is 2. The standard InChI is InChI=1S/C23H20ClN3O3S/c1-14(17-5-3-4-6-18(17)24)26-21(28)12-27-13-25-19-11-20(31-22(19)23(27)29)15-7-9-16(30-2)10-8-15/h3-11,13-14H,12H2,1-2H3,(H,26,28)/t14-/m0/s1. The van der Waals surface area contributed by atoms with Gasteiger partial charge in [0.1, 0.15) is 17.0 Å². The van der Waals surface area contributed by atoms with Crippen LogP contribution in [0.1, 0.15) is 18.5 Å². The van der Waals surface area contributed by atoms with Crippen LogP contribution < -0.4 is 15.6 Å². The number of hydrogen-bond acceptors (Lipinski definition) is 5. The van der Waals surface area contributed by atoms with E-state index in [4.69, 9.17) is 16.3 Å². The van der Waals surface area contributed by atoms with Gasteiger partial charge in [0.05, 0.1) is 25.0 Å². The summed E-state index contributed by atoms with van der Waals surface area (Å²) in [7, 11) is 1.62. The fourth-order valence-electron chi connectivity index (χ4n) is 3.30. The van der Waals surface area contributed by atoms with Crippen molar-refractivity contribution < 1.29 is 9.53 Å². The Balaban J connectivity index is 1.54. The van der Waals surface area contributed by atoms with Crippen LogP contribution in [-0.4, -0.2) is 22.6 Å². The third kappa shape index (κ3) is 4.47. The molecule has 0 saturated carbocycles. The molecule has 0 aliphatic heterocycles. The van der Waals surface area contributed by atoms with Gasteiger partial charge in [-0.2, -0.15) is 0 Å². The maximum absolute atomic E-state index is 12.9. The molecular formula is C23H20ClN3O3S. The van der Waals surface area contributed by atoms with Gasteiger partial charge in [0.15, 0.2) is 0 Å². The van der Waals surface area contributed by atoms with Crippen molar-refractivity contribution in [2.45, 2.75) is 19.5 Å². The Bertz CT molecular complexity index is 1300. The normalized spacial score (nSPS) is 12.0. The van der Waals surface area contributed by atoms with E-state index >= 15 is 0 Å². The fraction of sp³-hybridized carbons (Fsp3) is 0.174. The maximum Gasteiger partial charge on any atom is 0.271 e. The second kappa shape index (κ2) is 8.91. The second-order valence-electron chi connectivity index (χ2n) is 7.04. The van der Waals surface area contributed by atoms with Crippen molar-refractivity contribution in [2.75, 3.05) is 7.11 Å². The first kappa shape index (κ1) is 21.1.